The van der Waals surface area contributed by atoms with Crippen molar-refractivity contribution in [3.8, 4) is 11.4 Å². The lowest BCUT2D eigenvalue weighted by molar-refractivity contribution is 0.255. The maximum atomic E-state index is 6.10. The molecule has 1 aliphatic rings. The molecule has 0 amide bonds. The van der Waals surface area contributed by atoms with Crippen molar-refractivity contribution in [1.82, 2.24) is 19.7 Å². The number of benzene rings is 2. The molecule has 0 saturated heterocycles. The molecule has 2 aromatic carbocycles. The lowest BCUT2D eigenvalue weighted by Gasteiger charge is -2.28. The summed E-state index contributed by atoms with van der Waals surface area (Å²) in [5.74, 6) is 1.97. The molecule has 4 nitrogen and oxygen atoms in total. The van der Waals surface area contributed by atoms with Crippen LogP contribution in [0.2, 0.25) is 5.02 Å². The fourth-order valence-corrected chi connectivity index (χ4v) is 4.53. The first kappa shape index (κ1) is 21.2. The summed E-state index contributed by atoms with van der Waals surface area (Å²) in [5, 5.41) is 10.5. The van der Waals surface area contributed by atoms with E-state index in [2.05, 4.69) is 43.9 Å². The second-order valence-electron chi connectivity index (χ2n) is 6.87. The van der Waals surface area contributed by atoms with Crippen LogP contribution in [-0.4, -0.2) is 38.5 Å². The van der Waals surface area contributed by atoms with Crippen LogP contribution in [0.3, 0.4) is 0 Å². The zero-order chi connectivity index (χ0) is 18.6. The van der Waals surface area contributed by atoms with E-state index in [0.717, 1.165) is 59.8 Å². The van der Waals surface area contributed by atoms with Crippen molar-refractivity contribution < 1.29 is 0 Å². The molecular formula is C21H24Cl2N4S. The largest absolute Gasteiger partial charge is 0.305 e. The number of rotatable bonds is 6. The molecule has 2 heterocycles. The van der Waals surface area contributed by atoms with Crippen molar-refractivity contribution in [2.45, 2.75) is 24.5 Å². The molecule has 0 saturated carbocycles. The second kappa shape index (κ2) is 9.79. The van der Waals surface area contributed by atoms with Crippen molar-refractivity contribution >= 4 is 35.8 Å². The van der Waals surface area contributed by atoms with E-state index in [4.69, 9.17) is 11.6 Å². The minimum absolute atomic E-state index is 0. The highest BCUT2D eigenvalue weighted by molar-refractivity contribution is 7.99. The number of aromatic nitrogens is 3. The first-order valence-corrected chi connectivity index (χ1v) is 10.6. The Labute approximate surface area is 181 Å². The summed E-state index contributed by atoms with van der Waals surface area (Å²) in [5.41, 5.74) is 3.92. The van der Waals surface area contributed by atoms with Crippen LogP contribution in [0.25, 0.3) is 11.4 Å². The van der Waals surface area contributed by atoms with Gasteiger partial charge in [-0.15, -0.1) is 22.6 Å². The molecule has 0 atom stereocenters. The molecule has 0 radical (unpaired) electrons. The van der Waals surface area contributed by atoms with Crippen molar-refractivity contribution in [3.05, 3.63) is 64.7 Å². The Morgan fingerprint density at radius 1 is 1.07 bits per heavy atom. The topological polar surface area (TPSA) is 34.0 Å². The van der Waals surface area contributed by atoms with Gasteiger partial charge in [-0.05, 0) is 42.6 Å². The van der Waals surface area contributed by atoms with E-state index in [0.29, 0.717) is 0 Å². The molecule has 1 aromatic heterocycles. The van der Waals surface area contributed by atoms with Crippen LogP contribution in [0.4, 0.5) is 0 Å². The molecule has 0 spiro atoms. The van der Waals surface area contributed by atoms with Crippen molar-refractivity contribution in [1.29, 1.82) is 0 Å². The highest BCUT2D eigenvalue weighted by Crippen LogP contribution is 2.25. The standard InChI is InChI=1S/C21H23ClN4S.ClH/c1-25-20(16-6-3-2-4-7-16)23-24-21(25)27-13-5-11-26-12-10-17-14-19(22)9-8-18(17)15-26;/h2-4,6-9,14H,5,10-13,15H2,1H3;1H. The van der Waals surface area contributed by atoms with Crippen LogP contribution >= 0.6 is 35.8 Å². The van der Waals surface area contributed by atoms with Gasteiger partial charge in [0.1, 0.15) is 0 Å². The van der Waals surface area contributed by atoms with Crippen LogP contribution in [0, 0.1) is 0 Å². The van der Waals surface area contributed by atoms with Gasteiger partial charge in [-0.3, -0.25) is 4.90 Å². The molecule has 1 aliphatic heterocycles. The minimum Gasteiger partial charge on any atom is -0.305 e. The van der Waals surface area contributed by atoms with Gasteiger partial charge in [-0.25, -0.2) is 0 Å². The van der Waals surface area contributed by atoms with Gasteiger partial charge < -0.3 is 4.57 Å². The van der Waals surface area contributed by atoms with E-state index in [1.807, 2.05) is 31.3 Å². The predicted molar refractivity (Wildman–Crippen MR) is 119 cm³/mol. The molecule has 7 heteroatoms. The Morgan fingerprint density at radius 3 is 2.71 bits per heavy atom. The normalized spacial score (nSPS) is 13.8. The van der Waals surface area contributed by atoms with E-state index in [-0.39, 0.29) is 12.4 Å². The summed E-state index contributed by atoms with van der Waals surface area (Å²) in [6.07, 6.45) is 2.23. The van der Waals surface area contributed by atoms with E-state index >= 15 is 0 Å². The van der Waals surface area contributed by atoms with Crippen LogP contribution in [0.5, 0.6) is 0 Å². The molecule has 3 aromatic rings. The number of thioether (sulfide) groups is 1. The molecule has 28 heavy (non-hydrogen) atoms. The molecule has 0 aliphatic carbocycles. The van der Waals surface area contributed by atoms with Gasteiger partial charge in [-0.1, -0.05) is 59.8 Å². The third-order valence-electron chi connectivity index (χ3n) is 4.98. The van der Waals surface area contributed by atoms with Crippen molar-refractivity contribution in [2.24, 2.45) is 7.05 Å². The van der Waals surface area contributed by atoms with E-state index in [1.165, 1.54) is 11.1 Å². The number of nitrogens with zero attached hydrogens (tertiary/aromatic N) is 4. The zero-order valence-corrected chi connectivity index (χ0v) is 18.2. The van der Waals surface area contributed by atoms with Gasteiger partial charge in [0.05, 0.1) is 0 Å². The monoisotopic (exact) mass is 434 g/mol. The molecule has 0 unspecified atom stereocenters. The van der Waals surface area contributed by atoms with Gasteiger partial charge in [0, 0.05) is 36.5 Å². The molecule has 0 fully saturated rings. The summed E-state index contributed by atoms with van der Waals surface area (Å²) in [7, 11) is 2.04. The van der Waals surface area contributed by atoms with Crippen LogP contribution < -0.4 is 0 Å². The first-order chi connectivity index (χ1) is 13.2. The first-order valence-electron chi connectivity index (χ1n) is 9.28. The maximum absolute atomic E-state index is 6.10. The molecular weight excluding hydrogens is 411 g/mol. The Bertz CT molecular complexity index is 914. The van der Waals surface area contributed by atoms with Gasteiger partial charge in [0.15, 0.2) is 11.0 Å². The lowest BCUT2D eigenvalue weighted by atomic mass is 10.00. The highest BCUT2D eigenvalue weighted by atomic mass is 35.5. The minimum atomic E-state index is 0. The Hall–Kier alpha value is -1.53. The predicted octanol–water partition coefficient (Wildman–Crippen LogP) is 5.10. The van der Waals surface area contributed by atoms with Crippen molar-refractivity contribution in [2.75, 3.05) is 18.8 Å². The Balaban J connectivity index is 0.00000225. The molecule has 0 bridgehead atoms. The quantitative estimate of drug-likeness (QED) is 0.399. The van der Waals surface area contributed by atoms with E-state index < -0.39 is 0 Å². The van der Waals surface area contributed by atoms with Crippen LogP contribution in [0.1, 0.15) is 17.5 Å². The lowest BCUT2D eigenvalue weighted by Crippen LogP contribution is -2.31. The molecule has 0 N–H and O–H groups in total. The third-order valence-corrected chi connectivity index (χ3v) is 6.32. The zero-order valence-electron chi connectivity index (χ0n) is 15.8. The summed E-state index contributed by atoms with van der Waals surface area (Å²) in [6.45, 7) is 3.25. The molecule has 148 valence electrons. The third kappa shape index (κ3) is 4.90. The summed E-state index contributed by atoms with van der Waals surface area (Å²) in [6, 6.07) is 16.5. The van der Waals surface area contributed by atoms with Crippen molar-refractivity contribution in [3.63, 3.8) is 0 Å². The van der Waals surface area contributed by atoms with E-state index in [1.54, 1.807) is 11.8 Å². The number of fused-ring (bicyclic) bond motifs is 1. The Morgan fingerprint density at radius 2 is 1.89 bits per heavy atom. The van der Waals surface area contributed by atoms with Gasteiger partial charge in [-0.2, -0.15) is 0 Å². The SMILES string of the molecule is Cl.Cn1c(SCCCN2CCc3cc(Cl)ccc3C2)nnc1-c1ccccc1. The van der Waals surface area contributed by atoms with Gasteiger partial charge in [0.2, 0.25) is 0 Å². The second-order valence-corrected chi connectivity index (χ2v) is 8.37. The van der Waals surface area contributed by atoms with Gasteiger partial charge in [0.25, 0.3) is 0 Å². The average molecular weight is 435 g/mol. The fourth-order valence-electron chi connectivity index (χ4n) is 3.50. The number of hydrogen-bond donors (Lipinski definition) is 0. The fraction of sp³-hybridized carbons (Fsp3) is 0.333. The number of halogens is 2. The average Bonchev–Trinajstić information content (AvgIpc) is 3.06. The van der Waals surface area contributed by atoms with Gasteiger partial charge >= 0.3 is 0 Å². The highest BCUT2D eigenvalue weighted by Gasteiger charge is 2.16. The molecule has 4 rings (SSSR count). The van der Waals surface area contributed by atoms with E-state index in [9.17, 15) is 0 Å². The summed E-state index contributed by atoms with van der Waals surface area (Å²) < 4.78 is 2.08. The summed E-state index contributed by atoms with van der Waals surface area (Å²) in [4.78, 5) is 2.53. The maximum Gasteiger partial charge on any atom is 0.191 e. The Kier molecular flexibility index (Phi) is 7.41. The smallest absolute Gasteiger partial charge is 0.191 e. The summed E-state index contributed by atoms with van der Waals surface area (Å²) >= 11 is 7.88. The van der Waals surface area contributed by atoms with Crippen LogP contribution in [-0.2, 0) is 20.0 Å². The number of hydrogen-bond acceptors (Lipinski definition) is 4. The van der Waals surface area contributed by atoms with Crippen LogP contribution in [0.15, 0.2) is 53.7 Å².